The number of rotatable bonds is 4. The summed E-state index contributed by atoms with van der Waals surface area (Å²) in [6, 6.07) is 10.7. The minimum absolute atomic E-state index is 0.0120. The number of anilines is 1. The van der Waals surface area contributed by atoms with Gasteiger partial charge in [0.2, 0.25) is 0 Å². The summed E-state index contributed by atoms with van der Waals surface area (Å²) in [5.41, 5.74) is 0.0120. The lowest BCUT2D eigenvalue weighted by molar-refractivity contribution is 0.411. The molecule has 0 amide bonds. The maximum Gasteiger partial charge on any atom is 0.262 e. The molecule has 0 saturated heterocycles. The summed E-state index contributed by atoms with van der Waals surface area (Å²) in [5.74, 6) is 0.0377. The van der Waals surface area contributed by atoms with Crippen molar-refractivity contribution in [2.24, 2.45) is 0 Å². The number of sulfonamides is 1. The van der Waals surface area contributed by atoms with Gasteiger partial charge in [0, 0.05) is 4.47 Å². The standard InChI is InChI=1S/C13H12BrNO4S/c1-19-12-4-2-3-11(16)13(12)15-20(17,18)10-7-5-9(14)6-8-10/h2-8,15-16H,1H3. The van der Waals surface area contributed by atoms with Crippen LogP contribution in [0.25, 0.3) is 0 Å². The number of hydrogen-bond acceptors (Lipinski definition) is 4. The minimum Gasteiger partial charge on any atom is -0.506 e. The molecule has 2 aromatic carbocycles. The first-order valence-electron chi connectivity index (χ1n) is 5.58. The first-order valence-corrected chi connectivity index (χ1v) is 7.86. The molecule has 2 rings (SSSR count). The van der Waals surface area contributed by atoms with Crippen molar-refractivity contribution in [3.8, 4) is 11.5 Å². The molecular weight excluding hydrogens is 346 g/mol. The Morgan fingerprint density at radius 1 is 1.15 bits per heavy atom. The zero-order valence-electron chi connectivity index (χ0n) is 10.5. The summed E-state index contributed by atoms with van der Waals surface area (Å²) in [7, 11) is -2.40. The fraction of sp³-hybridized carbons (Fsp3) is 0.0769. The number of benzene rings is 2. The molecule has 0 aliphatic rings. The van der Waals surface area contributed by atoms with Crippen LogP contribution in [-0.2, 0) is 10.0 Å². The van der Waals surface area contributed by atoms with Crippen molar-refractivity contribution >= 4 is 31.6 Å². The van der Waals surface area contributed by atoms with Gasteiger partial charge in [0.15, 0.2) is 0 Å². The fourth-order valence-electron chi connectivity index (χ4n) is 1.60. The first-order chi connectivity index (χ1) is 9.44. The summed E-state index contributed by atoms with van der Waals surface area (Å²) >= 11 is 3.24. The smallest absolute Gasteiger partial charge is 0.262 e. The van der Waals surface area contributed by atoms with Crippen molar-refractivity contribution < 1.29 is 18.3 Å². The van der Waals surface area contributed by atoms with Crippen LogP contribution >= 0.6 is 15.9 Å². The number of nitrogens with one attached hydrogen (secondary N) is 1. The molecule has 0 radical (unpaired) electrons. The summed E-state index contributed by atoms with van der Waals surface area (Å²) in [4.78, 5) is 0.0889. The molecule has 106 valence electrons. The molecule has 2 aromatic rings. The van der Waals surface area contributed by atoms with Crippen molar-refractivity contribution in [3.05, 3.63) is 46.9 Å². The molecule has 0 unspecified atom stereocenters. The summed E-state index contributed by atoms with van der Waals surface area (Å²) in [5, 5.41) is 9.76. The Balaban J connectivity index is 2.41. The Morgan fingerprint density at radius 3 is 2.40 bits per heavy atom. The van der Waals surface area contributed by atoms with E-state index in [9.17, 15) is 13.5 Å². The summed E-state index contributed by atoms with van der Waals surface area (Å²) in [6.07, 6.45) is 0. The number of para-hydroxylation sites is 1. The highest BCUT2D eigenvalue weighted by molar-refractivity contribution is 9.10. The number of methoxy groups -OCH3 is 1. The van der Waals surface area contributed by atoms with E-state index < -0.39 is 10.0 Å². The fourth-order valence-corrected chi connectivity index (χ4v) is 2.95. The number of aromatic hydroxyl groups is 1. The van der Waals surface area contributed by atoms with Crippen molar-refractivity contribution in [2.45, 2.75) is 4.90 Å². The van der Waals surface area contributed by atoms with Crippen LogP contribution in [-0.4, -0.2) is 20.6 Å². The number of phenols is 1. The van der Waals surface area contributed by atoms with E-state index >= 15 is 0 Å². The van der Waals surface area contributed by atoms with Gasteiger partial charge in [-0.05, 0) is 36.4 Å². The molecule has 0 bridgehead atoms. The Morgan fingerprint density at radius 2 is 1.80 bits per heavy atom. The second-order valence-electron chi connectivity index (χ2n) is 3.91. The predicted octanol–water partition coefficient (Wildman–Crippen LogP) is 2.96. The van der Waals surface area contributed by atoms with Gasteiger partial charge in [0.05, 0.1) is 12.0 Å². The van der Waals surface area contributed by atoms with Crippen molar-refractivity contribution in [1.82, 2.24) is 0 Å². The lowest BCUT2D eigenvalue weighted by Crippen LogP contribution is -2.13. The zero-order chi connectivity index (χ0) is 14.8. The lowest BCUT2D eigenvalue weighted by atomic mass is 10.3. The second kappa shape index (κ2) is 5.72. The van der Waals surface area contributed by atoms with Crippen molar-refractivity contribution in [3.63, 3.8) is 0 Å². The third-order valence-corrected chi connectivity index (χ3v) is 4.48. The monoisotopic (exact) mass is 357 g/mol. The Bertz CT molecular complexity index is 714. The molecule has 7 heteroatoms. The highest BCUT2D eigenvalue weighted by Crippen LogP contribution is 2.35. The molecule has 2 N–H and O–H groups in total. The number of hydrogen-bond donors (Lipinski definition) is 2. The highest BCUT2D eigenvalue weighted by atomic mass is 79.9. The Hall–Kier alpha value is -1.73. The molecule has 0 aliphatic heterocycles. The molecule has 0 atom stereocenters. The van der Waals surface area contributed by atoms with E-state index in [-0.39, 0.29) is 22.1 Å². The third kappa shape index (κ3) is 3.05. The maximum atomic E-state index is 12.2. The molecule has 0 spiro atoms. The van der Waals surface area contributed by atoms with E-state index in [4.69, 9.17) is 4.74 Å². The lowest BCUT2D eigenvalue weighted by Gasteiger charge is -2.13. The van der Waals surface area contributed by atoms with Gasteiger partial charge in [-0.2, -0.15) is 0 Å². The molecule has 0 saturated carbocycles. The molecule has 5 nitrogen and oxygen atoms in total. The van der Waals surface area contributed by atoms with E-state index in [2.05, 4.69) is 20.7 Å². The summed E-state index contributed by atoms with van der Waals surface area (Å²) in [6.45, 7) is 0. The highest BCUT2D eigenvalue weighted by Gasteiger charge is 2.18. The average molecular weight is 358 g/mol. The second-order valence-corrected chi connectivity index (χ2v) is 6.51. The van der Waals surface area contributed by atoms with Crippen LogP contribution in [0.2, 0.25) is 0 Å². The minimum atomic E-state index is -3.80. The molecule has 0 aromatic heterocycles. The Labute approximate surface area is 125 Å². The number of phenolic OH excluding ortho intramolecular Hbond substituents is 1. The quantitative estimate of drug-likeness (QED) is 0.824. The molecule has 20 heavy (non-hydrogen) atoms. The molecule has 0 fully saturated rings. The van der Waals surface area contributed by atoms with Crippen LogP contribution in [0.1, 0.15) is 0 Å². The molecule has 0 aliphatic carbocycles. The van der Waals surface area contributed by atoms with E-state index in [1.165, 1.54) is 25.3 Å². The Kier molecular flexibility index (Phi) is 4.20. The van der Waals surface area contributed by atoms with E-state index in [1.807, 2.05) is 0 Å². The van der Waals surface area contributed by atoms with Crippen LogP contribution in [0.15, 0.2) is 51.8 Å². The zero-order valence-corrected chi connectivity index (χ0v) is 12.9. The first kappa shape index (κ1) is 14.7. The van der Waals surface area contributed by atoms with E-state index in [0.29, 0.717) is 0 Å². The van der Waals surface area contributed by atoms with Gasteiger partial charge in [0.1, 0.15) is 17.2 Å². The van der Waals surface area contributed by atoms with Crippen LogP contribution in [0.3, 0.4) is 0 Å². The summed E-state index contributed by atoms with van der Waals surface area (Å²) < 4.78 is 32.6. The van der Waals surface area contributed by atoms with Crippen molar-refractivity contribution in [2.75, 3.05) is 11.8 Å². The maximum absolute atomic E-state index is 12.2. The predicted molar refractivity (Wildman–Crippen MR) is 79.6 cm³/mol. The van der Waals surface area contributed by atoms with E-state index in [1.54, 1.807) is 24.3 Å². The van der Waals surface area contributed by atoms with Gasteiger partial charge in [0.25, 0.3) is 10.0 Å². The van der Waals surface area contributed by atoms with Gasteiger partial charge in [-0.25, -0.2) is 8.42 Å². The van der Waals surface area contributed by atoms with Crippen LogP contribution < -0.4 is 9.46 Å². The van der Waals surface area contributed by atoms with Gasteiger partial charge >= 0.3 is 0 Å². The van der Waals surface area contributed by atoms with E-state index in [0.717, 1.165) is 4.47 Å². The topological polar surface area (TPSA) is 75.6 Å². The van der Waals surface area contributed by atoms with Gasteiger partial charge in [-0.15, -0.1) is 0 Å². The average Bonchev–Trinajstić information content (AvgIpc) is 2.41. The molecule has 0 heterocycles. The normalized spacial score (nSPS) is 11.1. The number of ether oxygens (including phenoxy) is 1. The van der Waals surface area contributed by atoms with Crippen LogP contribution in [0.5, 0.6) is 11.5 Å². The molecular formula is C13H12BrNO4S. The largest absolute Gasteiger partial charge is 0.506 e. The third-order valence-electron chi connectivity index (χ3n) is 2.58. The van der Waals surface area contributed by atoms with Crippen LogP contribution in [0.4, 0.5) is 5.69 Å². The van der Waals surface area contributed by atoms with Gasteiger partial charge < -0.3 is 9.84 Å². The number of halogens is 1. The van der Waals surface area contributed by atoms with Crippen LogP contribution in [0, 0.1) is 0 Å². The SMILES string of the molecule is COc1cccc(O)c1NS(=O)(=O)c1ccc(Br)cc1. The van der Waals surface area contributed by atoms with Gasteiger partial charge in [-0.1, -0.05) is 22.0 Å². The van der Waals surface area contributed by atoms with Crippen molar-refractivity contribution in [1.29, 1.82) is 0 Å². The van der Waals surface area contributed by atoms with Gasteiger partial charge in [-0.3, -0.25) is 4.72 Å².